The summed E-state index contributed by atoms with van der Waals surface area (Å²) in [6.45, 7) is 10.5. The van der Waals surface area contributed by atoms with Crippen LogP contribution in [0.2, 0.25) is 0 Å². The monoisotopic (exact) mass is 688 g/mol. The Hall–Kier alpha value is -3.06. The minimum Gasteiger partial charge on any atom is -0.379 e. The molecular weight excluding hydrogens is 624 g/mol. The first kappa shape index (κ1) is 42.1. The van der Waals surface area contributed by atoms with Crippen LogP contribution in [0.5, 0.6) is 0 Å². The van der Waals surface area contributed by atoms with Gasteiger partial charge in [-0.15, -0.1) is 0 Å². The molecule has 0 radical (unpaired) electrons. The highest BCUT2D eigenvalue weighted by Gasteiger charge is 2.42. The molecular formula is C37H64N6O6. The standard InChI is InChI=1S/C37H64N6O6/c1-11-25(4)34(42(8)32(45)23-39-37(47)33(24(2)3)41(6)7)30(48-9)21-31(44)43-19-15-18-29(43)35(49-10)26(5)36(46)40-28(22-38)20-27-16-13-12-14-17-27/h12-14,16-17,24-26,28-30,33-35H,11,15,18-23,38H2,1-10H3,(H,39,47)(H,40,46). The summed E-state index contributed by atoms with van der Waals surface area (Å²) in [6.07, 6.45) is 1.85. The average Bonchev–Trinajstić information content (AvgIpc) is 3.56. The Labute approximate surface area is 294 Å². The minimum absolute atomic E-state index is 0.0174. The molecule has 0 spiro atoms. The summed E-state index contributed by atoms with van der Waals surface area (Å²) in [5.74, 6) is -1.17. The zero-order valence-corrected chi connectivity index (χ0v) is 31.6. The smallest absolute Gasteiger partial charge is 0.242 e. The number of nitrogens with two attached hydrogens (primary N) is 1. The van der Waals surface area contributed by atoms with Crippen LogP contribution in [0.15, 0.2) is 30.3 Å². The van der Waals surface area contributed by atoms with Gasteiger partial charge in [0.1, 0.15) is 0 Å². The number of ether oxygens (including phenoxy) is 2. The topological polar surface area (TPSA) is 147 Å². The molecule has 12 nitrogen and oxygen atoms in total. The van der Waals surface area contributed by atoms with E-state index in [2.05, 4.69) is 10.6 Å². The van der Waals surface area contributed by atoms with Gasteiger partial charge in [-0.3, -0.25) is 24.1 Å². The Balaban J connectivity index is 2.15. The van der Waals surface area contributed by atoms with E-state index in [4.69, 9.17) is 15.2 Å². The van der Waals surface area contributed by atoms with Crippen molar-refractivity contribution in [1.29, 1.82) is 0 Å². The first-order chi connectivity index (χ1) is 23.2. The zero-order chi connectivity index (χ0) is 36.8. The quantitative estimate of drug-likeness (QED) is 0.189. The molecule has 278 valence electrons. The summed E-state index contributed by atoms with van der Waals surface area (Å²) in [4.78, 5) is 59.1. The van der Waals surface area contributed by atoms with Crippen LogP contribution in [0, 0.1) is 17.8 Å². The summed E-state index contributed by atoms with van der Waals surface area (Å²) in [5, 5.41) is 5.91. The van der Waals surface area contributed by atoms with Crippen LogP contribution in [0.25, 0.3) is 0 Å². The number of hydrogen-bond acceptors (Lipinski definition) is 8. The summed E-state index contributed by atoms with van der Waals surface area (Å²) in [7, 11) is 8.54. The third-order valence-electron chi connectivity index (χ3n) is 10.1. The lowest BCUT2D eigenvalue weighted by Gasteiger charge is -2.39. The van der Waals surface area contributed by atoms with Crippen LogP contribution in [0.3, 0.4) is 0 Å². The second-order valence-electron chi connectivity index (χ2n) is 14.1. The summed E-state index contributed by atoms with van der Waals surface area (Å²) in [6, 6.07) is 8.62. The van der Waals surface area contributed by atoms with E-state index in [1.807, 2.05) is 88.8 Å². The molecule has 1 saturated heterocycles. The van der Waals surface area contributed by atoms with E-state index in [9.17, 15) is 19.2 Å². The predicted molar refractivity (Wildman–Crippen MR) is 193 cm³/mol. The Morgan fingerprint density at radius 1 is 1.00 bits per heavy atom. The van der Waals surface area contributed by atoms with Gasteiger partial charge in [0.25, 0.3) is 0 Å². The molecule has 8 unspecified atom stereocenters. The number of amides is 4. The van der Waals surface area contributed by atoms with Crippen LogP contribution in [-0.4, -0.2) is 130 Å². The number of carbonyl (C=O) groups excluding carboxylic acids is 4. The van der Waals surface area contributed by atoms with E-state index in [1.54, 1.807) is 26.2 Å². The van der Waals surface area contributed by atoms with Gasteiger partial charge in [-0.1, -0.05) is 71.4 Å². The first-order valence-electron chi connectivity index (χ1n) is 17.8. The second-order valence-corrected chi connectivity index (χ2v) is 14.1. The fourth-order valence-electron chi connectivity index (χ4n) is 7.28. The summed E-state index contributed by atoms with van der Waals surface area (Å²) >= 11 is 0. The molecule has 1 heterocycles. The maximum Gasteiger partial charge on any atom is 0.242 e. The number of likely N-dealkylation sites (tertiary alicyclic amines) is 1. The Kier molecular flexibility index (Phi) is 17.7. The number of carbonyl (C=O) groups is 4. The Morgan fingerprint density at radius 2 is 1.65 bits per heavy atom. The largest absolute Gasteiger partial charge is 0.379 e. The number of hydrogen-bond donors (Lipinski definition) is 3. The van der Waals surface area contributed by atoms with Crippen LogP contribution >= 0.6 is 0 Å². The van der Waals surface area contributed by atoms with Crippen molar-refractivity contribution in [3.8, 4) is 0 Å². The third kappa shape index (κ3) is 11.8. The maximum atomic E-state index is 14.0. The van der Waals surface area contributed by atoms with Gasteiger partial charge >= 0.3 is 0 Å². The van der Waals surface area contributed by atoms with E-state index in [0.29, 0.717) is 25.9 Å². The molecule has 49 heavy (non-hydrogen) atoms. The molecule has 1 aliphatic heterocycles. The molecule has 12 heteroatoms. The van der Waals surface area contributed by atoms with Crippen molar-refractivity contribution in [2.75, 3.05) is 55.0 Å². The van der Waals surface area contributed by atoms with Crippen molar-refractivity contribution >= 4 is 23.6 Å². The SMILES string of the molecule is CCC(C)C(C(CC(=O)N1CCCC1C(OC)C(C)C(=O)NC(CN)Cc1ccccc1)OC)N(C)C(=O)CNC(=O)C(C(C)C)N(C)C. The zero-order valence-electron chi connectivity index (χ0n) is 31.6. The van der Waals surface area contributed by atoms with Crippen molar-refractivity contribution in [2.24, 2.45) is 23.5 Å². The average molecular weight is 689 g/mol. The van der Waals surface area contributed by atoms with Gasteiger partial charge in [0.05, 0.1) is 49.2 Å². The Morgan fingerprint density at radius 3 is 2.18 bits per heavy atom. The van der Waals surface area contributed by atoms with E-state index in [0.717, 1.165) is 18.4 Å². The Bertz CT molecular complexity index is 1180. The normalized spacial score (nSPS) is 19.1. The lowest BCUT2D eigenvalue weighted by atomic mass is 9.90. The van der Waals surface area contributed by atoms with Crippen LogP contribution in [0.1, 0.15) is 65.9 Å². The molecule has 1 aliphatic rings. The maximum absolute atomic E-state index is 14.0. The van der Waals surface area contributed by atoms with Gasteiger partial charge in [0.2, 0.25) is 23.6 Å². The van der Waals surface area contributed by atoms with Gasteiger partial charge in [-0.2, -0.15) is 0 Å². The summed E-state index contributed by atoms with van der Waals surface area (Å²) < 4.78 is 11.9. The van der Waals surface area contributed by atoms with Gasteiger partial charge < -0.3 is 35.6 Å². The summed E-state index contributed by atoms with van der Waals surface area (Å²) in [5.41, 5.74) is 7.11. The first-order valence-corrected chi connectivity index (χ1v) is 17.8. The fourth-order valence-corrected chi connectivity index (χ4v) is 7.28. The second kappa shape index (κ2) is 20.6. The van der Waals surface area contributed by atoms with Crippen molar-refractivity contribution in [1.82, 2.24) is 25.3 Å². The lowest BCUT2D eigenvalue weighted by molar-refractivity contribution is -0.146. The van der Waals surface area contributed by atoms with Gasteiger partial charge in [-0.05, 0) is 50.8 Å². The van der Waals surface area contributed by atoms with E-state index >= 15 is 0 Å². The molecule has 1 aromatic carbocycles. The van der Waals surface area contributed by atoms with E-state index in [-0.39, 0.29) is 66.6 Å². The minimum atomic E-state index is -0.580. The molecule has 1 aromatic rings. The number of benzene rings is 1. The molecule has 0 aliphatic carbocycles. The van der Waals surface area contributed by atoms with Crippen LogP contribution in [0.4, 0.5) is 0 Å². The molecule has 4 N–H and O–H groups in total. The fraction of sp³-hybridized carbons (Fsp3) is 0.730. The molecule has 0 aromatic heterocycles. The molecule has 2 rings (SSSR count). The van der Waals surface area contributed by atoms with Crippen molar-refractivity contribution in [2.45, 2.75) is 103 Å². The van der Waals surface area contributed by atoms with E-state index < -0.39 is 24.2 Å². The highest BCUT2D eigenvalue weighted by atomic mass is 16.5. The third-order valence-corrected chi connectivity index (χ3v) is 10.1. The van der Waals surface area contributed by atoms with Gasteiger partial charge in [-0.25, -0.2) is 0 Å². The number of likely N-dealkylation sites (N-methyl/N-ethyl adjacent to an activating group) is 2. The number of methoxy groups -OCH3 is 2. The van der Waals surface area contributed by atoms with Crippen molar-refractivity contribution < 1.29 is 28.7 Å². The van der Waals surface area contributed by atoms with Crippen LogP contribution in [-0.2, 0) is 35.1 Å². The molecule has 0 bridgehead atoms. The number of nitrogens with one attached hydrogen (secondary N) is 2. The predicted octanol–water partition coefficient (Wildman–Crippen LogP) is 2.30. The highest BCUT2D eigenvalue weighted by molar-refractivity contribution is 5.87. The van der Waals surface area contributed by atoms with Crippen molar-refractivity contribution in [3.05, 3.63) is 35.9 Å². The molecule has 8 atom stereocenters. The molecule has 0 saturated carbocycles. The van der Waals surface area contributed by atoms with Gasteiger partial charge in [0, 0.05) is 40.4 Å². The highest BCUT2D eigenvalue weighted by Crippen LogP contribution is 2.29. The lowest BCUT2D eigenvalue weighted by Crippen LogP contribution is -2.55. The number of nitrogens with zero attached hydrogens (tertiary/aromatic N) is 3. The van der Waals surface area contributed by atoms with Crippen molar-refractivity contribution in [3.63, 3.8) is 0 Å². The van der Waals surface area contributed by atoms with Crippen LogP contribution < -0.4 is 16.4 Å². The number of rotatable bonds is 20. The molecule has 1 fully saturated rings. The van der Waals surface area contributed by atoms with E-state index in [1.165, 1.54) is 0 Å². The van der Waals surface area contributed by atoms with Gasteiger partial charge in [0.15, 0.2) is 0 Å². The molecule has 4 amide bonds.